The summed E-state index contributed by atoms with van der Waals surface area (Å²) in [4.78, 5) is 21.7. The van der Waals surface area contributed by atoms with Gasteiger partial charge in [-0.2, -0.15) is 0 Å². The molecule has 0 fully saturated rings. The fourth-order valence-electron chi connectivity index (χ4n) is 2.04. The minimum absolute atomic E-state index is 0.216. The van der Waals surface area contributed by atoms with Crippen LogP contribution in [0.5, 0.6) is 11.5 Å². The van der Waals surface area contributed by atoms with Crippen molar-refractivity contribution >= 4 is 0 Å². The molecule has 0 atom stereocenters. The smallest absolute Gasteiger partial charge is 0.439 e. The molecule has 0 bridgehead atoms. The van der Waals surface area contributed by atoms with Crippen molar-refractivity contribution in [1.29, 1.82) is 0 Å². The Morgan fingerprint density at radius 3 is 2.76 bits per heavy atom. The zero-order valence-corrected chi connectivity index (χ0v) is 10.6. The molecular formula is C13H8N4O4. The van der Waals surface area contributed by atoms with E-state index in [9.17, 15) is 4.79 Å². The Balaban J connectivity index is 1.77. The van der Waals surface area contributed by atoms with Gasteiger partial charge < -0.3 is 9.47 Å². The second kappa shape index (κ2) is 4.44. The molecule has 0 saturated heterocycles. The Kier molecular flexibility index (Phi) is 2.46. The molecule has 21 heavy (non-hydrogen) atoms. The van der Waals surface area contributed by atoms with Crippen molar-refractivity contribution in [2.24, 2.45) is 0 Å². The summed E-state index contributed by atoms with van der Waals surface area (Å²) >= 11 is 0. The van der Waals surface area contributed by atoms with Gasteiger partial charge in [0, 0.05) is 5.56 Å². The van der Waals surface area contributed by atoms with E-state index in [2.05, 4.69) is 24.6 Å². The van der Waals surface area contributed by atoms with Crippen LogP contribution in [0.3, 0.4) is 0 Å². The Morgan fingerprint density at radius 1 is 1.05 bits per heavy atom. The molecule has 3 aromatic rings. The number of aromatic nitrogens is 4. The van der Waals surface area contributed by atoms with Gasteiger partial charge in [-0.15, -0.1) is 0 Å². The van der Waals surface area contributed by atoms with Crippen molar-refractivity contribution in [2.75, 3.05) is 6.79 Å². The van der Waals surface area contributed by atoms with E-state index in [1.165, 1.54) is 6.33 Å². The first-order valence-corrected chi connectivity index (χ1v) is 6.08. The van der Waals surface area contributed by atoms with Crippen LogP contribution < -0.4 is 15.2 Å². The van der Waals surface area contributed by atoms with E-state index < -0.39 is 5.76 Å². The second-order valence-electron chi connectivity index (χ2n) is 4.30. The Morgan fingerprint density at radius 2 is 1.90 bits per heavy atom. The fraction of sp³-hybridized carbons (Fsp3) is 0.0769. The third kappa shape index (κ3) is 2.02. The molecule has 8 nitrogen and oxygen atoms in total. The summed E-state index contributed by atoms with van der Waals surface area (Å²) in [5.74, 6) is 0.994. The molecule has 0 spiro atoms. The lowest BCUT2D eigenvalue weighted by Crippen LogP contribution is -1.96. The predicted molar refractivity (Wildman–Crippen MR) is 69.7 cm³/mol. The van der Waals surface area contributed by atoms with Crippen LogP contribution in [-0.2, 0) is 0 Å². The standard InChI is InChI=1S/C13H8N4O4/c18-13-16-12(17-21-13)9-4-8(14-5-15-9)7-1-2-10-11(3-7)20-6-19-10/h1-5H,6H2,(H,16,17,18). The highest BCUT2D eigenvalue weighted by Gasteiger charge is 2.15. The normalized spacial score (nSPS) is 12.6. The van der Waals surface area contributed by atoms with Gasteiger partial charge in [-0.1, -0.05) is 5.16 Å². The molecule has 1 aliphatic rings. The van der Waals surface area contributed by atoms with Crippen molar-refractivity contribution in [2.45, 2.75) is 0 Å². The van der Waals surface area contributed by atoms with Crippen LogP contribution in [0.25, 0.3) is 22.8 Å². The zero-order valence-electron chi connectivity index (χ0n) is 10.6. The van der Waals surface area contributed by atoms with Crippen molar-refractivity contribution in [3.63, 3.8) is 0 Å². The fourth-order valence-corrected chi connectivity index (χ4v) is 2.04. The summed E-state index contributed by atoms with van der Waals surface area (Å²) in [7, 11) is 0. The van der Waals surface area contributed by atoms with Crippen LogP contribution in [0.2, 0.25) is 0 Å². The second-order valence-corrected chi connectivity index (χ2v) is 4.30. The number of hydrogen-bond acceptors (Lipinski definition) is 7. The molecule has 3 heterocycles. The summed E-state index contributed by atoms with van der Waals surface area (Å²) in [5, 5.41) is 3.60. The number of fused-ring (bicyclic) bond motifs is 1. The Hall–Kier alpha value is -3.16. The highest BCUT2D eigenvalue weighted by atomic mass is 16.7. The van der Waals surface area contributed by atoms with Crippen LogP contribution in [0.1, 0.15) is 0 Å². The van der Waals surface area contributed by atoms with Crippen molar-refractivity contribution < 1.29 is 14.0 Å². The Bertz CT molecular complexity index is 870. The first-order chi connectivity index (χ1) is 10.3. The molecule has 1 aliphatic heterocycles. The molecule has 0 amide bonds. The number of H-pyrrole nitrogens is 1. The van der Waals surface area contributed by atoms with Gasteiger partial charge in [0.05, 0.1) is 5.69 Å². The van der Waals surface area contributed by atoms with Crippen LogP contribution in [0.15, 0.2) is 39.9 Å². The third-order valence-corrected chi connectivity index (χ3v) is 3.02. The molecular weight excluding hydrogens is 276 g/mol. The summed E-state index contributed by atoms with van der Waals surface area (Å²) in [6, 6.07) is 7.22. The van der Waals surface area contributed by atoms with E-state index in [-0.39, 0.29) is 12.6 Å². The number of benzene rings is 1. The average Bonchev–Trinajstić information content (AvgIpc) is 3.15. The lowest BCUT2D eigenvalue weighted by molar-refractivity contribution is 0.174. The first-order valence-electron chi connectivity index (χ1n) is 6.08. The molecule has 104 valence electrons. The highest BCUT2D eigenvalue weighted by Crippen LogP contribution is 2.35. The number of nitrogens with one attached hydrogen (secondary N) is 1. The lowest BCUT2D eigenvalue weighted by atomic mass is 10.1. The molecule has 0 unspecified atom stereocenters. The summed E-state index contributed by atoms with van der Waals surface area (Å²) in [5.41, 5.74) is 1.97. The van der Waals surface area contributed by atoms with Crippen molar-refractivity contribution in [3.05, 3.63) is 41.1 Å². The van der Waals surface area contributed by atoms with Gasteiger partial charge in [-0.25, -0.2) is 14.8 Å². The molecule has 4 rings (SSSR count). The van der Waals surface area contributed by atoms with E-state index in [1.54, 1.807) is 6.07 Å². The minimum atomic E-state index is -0.631. The van der Waals surface area contributed by atoms with Crippen LogP contribution >= 0.6 is 0 Å². The van der Waals surface area contributed by atoms with Gasteiger partial charge in [-0.3, -0.25) is 9.51 Å². The van der Waals surface area contributed by atoms with Gasteiger partial charge in [-0.05, 0) is 24.3 Å². The first kappa shape index (κ1) is 11.6. The SMILES string of the molecule is O=c1[nH]c(-c2cc(-c3ccc4c(c3)OCO4)ncn2)no1. The maximum atomic E-state index is 11.0. The molecule has 1 aromatic carbocycles. The summed E-state index contributed by atoms with van der Waals surface area (Å²) < 4.78 is 15.1. The quantitative estimate of drug-likeness (QED) is 0.754. The lowest BCUT2D eigenvalue weighted by Gasteiger charge is -2.03. The van der Waals surface area contributed by atoms with E-state index in [4.69, 9.17) is 9.47 Å². The largest absolute Gasteiger partial charge is 0.454 e. The third-order valence-electron chi connectivity index (χ3n) is 3.02. The van der Waals surface area contributed by atoms with Gasteiger partial charge in [0.2, 0.25) is 12.6 Å². The maximum absolute atomic E-state index is 11.0. The average molecular weight is 284 g/mol. The molecule has 8 heteroatoms. The summed E-state index contributed by atoms with van der Waals surface area (Å²) in [6.45, 7) is 0.216. The van der Waals surface area contributed by atoms with Gasteiger partial charge >= 0.3 is 5.76 Å². The molecule has 1 N–H and O–H groups in total. The van der Waals surface area contributed by atoms with Gasteiger partial charge in [0.15, 0.2) is 11.5 Å². The van der Waals surface area contributed by atoms with Gasteiger partial charge in [0.1, 0.15) is 12.0 Å². The van der Waals surface area contributed by atoms with E-state index in [0.29, 0.717) is 22.9 Å². The zero-order chi connectivity index (χ0) is 14.2. The monoisotopic (exact) mass is 284 g/mol. The minimum Gasteiger partial charge on any atom is -0.454 e. The highest BCUT2D eigenvalue weighted by molar-refractivity contribution is 5.67. The number of ether oxygens (including phenoxy) is 2. The Labute approximate surface area is 117 Å². The van der Waals surface area contributed by atoms with Gasteiger partial charge in [0.25, 0.3) is 0 Å². The molecule has 0 aliphatic carbocycles. The van der Waals surface area contributed by atoms with Crippen LogP contribution in [-0.4, -0.2) is 26.9 Å². The van der Waals surface area contributed by atoms with E-state index in [0.717, 1.165) is 5.56 Å². The van der Waals surface area contributed by atoms with Crippen molar-refractivity contribution in [1.82, 2.24) is 20.1 Å². The van der Waals surface area contributed by atoms with E-state index in [1.807, 2.05) is 18.2 Å². The number of hydrogen-bond donors (Lipinski definition) is 1. The molecule has 0 saturated carbocycles. The molecule has 2 aromatic heterocycles. The number of rotatable bonds is 2. The maximum Gasteiger partial charge on any atom is 0.439 e. The number of aromatic amines is 1. The molecule has 0 radical (unpaired) electrons. The van der Waals surface area contributed by atoms with Crippen LogP contribution in [0.4, 0.5) is 0 Å². The number of nitrogens with zero attached hydrogens (tertiary/aromatic N) is 3. The van der Waals surface area contributed by atoms with E-state index >= 15 is 0 Å². The predicted octanol–water partition coefficient (Wildman–Crippen LogP) is 1.22. The summed E-state index contributed by atoms with van der Waals surface area (Å²) in [6.07, 6.45) is 1.39. The van der Waals surface area contributed by atoms with Crippen LogP contribution in [0, 0.1) is 0 Å². The van der Waals surface area contributed by atoms with Crippen molar-refractivity contribution in [3.8, 4) is 34.3 Å². The topological polar surface area (TPSA) is 103 Å².